The summed E-state index contributed by atoms with van der Waals surface area (Å²) in [7, 11) is -2.84. The summed E-state index contributed by atoms with van der Waals surface area (Å²) >= 11 is 1.76. The van der Waals surface area contributed by atoms with Gasteiger partial charge in [0.05, 0.1) is 37.3 Å². The minimum absolute atomic E-state index is 0.172. The summed E-state index contributed by atoms with van der Waals surface area (Å²) in [6.07, 6.45) is 0.736. The number of nitrogens with zero attached hydrogens (tertiary/aromatic N) is 2. The van der Waals surface area contributed by atoms with Crippen molar-refractivity contribution in [1.29, 1.82) is 0 Å². The van der Waals surface area contributed by atoms with Crippen LogP contribution in [0.5, 0.6) is 0 Å². The molecule has 27 heavy (non-hydrogen) atoms. The maximum absolute atomic E-state index is 11.6. The molecule has 2 N–H and O–H groups in total. The van der Waals surface area contributed by atoms with Gasteiger partial charge in [-0.2, -0.15) is 0 Å². The fourth-order valence-electron chi connectivity index (χ4n) is 3.55. The van der Waals surface area contributed by atoms with Gasteiger partial charge in [-0.15, -0.1) is 11.3 Å². The van der Waals surface area contributed by atoms with E-state index in [9.17, 15) is 8.42 Å². The second-order valence-electron chi connectivity index (χ2n) is 7.05. The Bertz CT molecular complexity index is 700. The topological polar surface area (TPSA) is 83.0 Å². The SMILES string of the molecule is CCNC(=NCC(c1cccs1)N1CCOCC1)NCC1CCS(=O)(=O)C1. The third kappa shape index (κ3) is 6.17. The van der Waals surface area contributed by atoms with Gasteiger partial charge in [-0.25, -0.2) is 8.42 Å². The Kier molecular flexibility index (Phi) is 7.51. The van der Waals surface area contributed by atoms with Gasteiger partial charge in [0, 0.05) is 31.1 Å². The molecule has 7 nitrogen and oxygen atoms in total. The molecule has 1 aromatic rings. The van der Waals surface area contributed by atoms with Crippen LogP contribution in [0.4, 0.5) is 0 Å². The van der Waals surface area contributed by atoms with Crippen LogP contribution < -0.4 is 10.6 Å². The molecule has 3 rings (SSSR count). The number of aliphatic imine (C=N–C) groups is 1. The van der Waals surface area contributed by atoms with E-state index in [1.165, 1.54) is 4.88 Å². The van der Waals surface area contributed by atoms with Crippen molar-refractivity contribution in [3.05, 3.63) is 22.4 Å². The van der Waals surface area contributed by atoms with Gasteiger partial charge in [0.2, 0.25) is 0 Å². The minimum atomic E-state index is -2.84. The molecule has 2 saturated heterocycles. The van der Waals surface area contributed by atoms with Gasteiger partial charge in [-0.05, 0) is 30.7 Å². The molecule has 0 radical (unpaired) electrons. The summed E-state index contributed by atoms with van der Waals surface area (Å²) in [6.45, 7) is 7.49. The Hall–Kier alpha value is -1.16. The predicted molar refractivity (Wildman–Crippen MR) is 110 cm³/mol. The smallest absolute Gasteiger partial charge is 0.191 e. The first kappa shape index (κ1) is 20.6. The van der Waals surface area contributed by atoms with Crippen LogP contribution in [0.25, 0.3) is 0 Å². The third-order valence-corrected chi connectivity index (χ3v) is 7.82. The Labute approximate surface area is 166 Å². The van der Waals surface area contributed by atoms with Crippen LogP contribution in [0.3, 0.4) is 0 Å². The summed E-state index contributed by atoms with van der Waals surface area (Å²) in [4.78, 5) is 8.57. The predicted octanol–water partition coefficient (Wildman–Crippen LogP) is 1.11. The fourth-order valence-corrected chi connectivity index (χ4v) is 6.26. The maximum atomic E-state index is 11.6. The van der Waals surface area contributed by atoms with E-state index in [2.05, 4.69) is 33.0 Å². The zero-order valence-corrected chi connectivity index (χ0v) is 17.5. The second-order valence-corrected chi connectivity index (χ2v) is 10.3. The lowest BCUT2D eigenvalue weighted by Gasteiger charge is -2.33. The van der Waals surface area contributed by atoms with E-state index in [0.717, 1.165) is 45.2 Å². The van der Waals surface area contributed by atoms with Crippen LogP contribution in [0.1, 0.15) is 24.3 Å². The zero-order valence-electron chi connectivity index (χ0n) is 15.9. The molecule has 2 aliphatic rings. The molecule has 0 aromatic carbocycles. The molecule has 2 atom stereocenters. The number of thiophene rings is 1. The van der Waals surface area contributed by atoms with Gasteiger partial charge in [-0.1, -0.05) is 6.07 Å². The number of hydrogen-bond acceptors (Lipinski definition) is 6. The molecule has 0 amide bonds. The van der Waals surface area contributed by atoms with Gasteiger partial charge in [0.1, 0.15) is 0 Å². The molecule has 0 saturated carbocycles. The Morgan fingerprint density at radius 2 is 2.22 bits per heavy atom. The second kappa shape index (κ2) is 9.86. The summed E-state index contributed by atoms with van der Waals surface area (Å²) in [5.41, 5.74) is 0. The van der Waals surface area contributed by atoms with E-state index in [-0.39, 0.29) is 17.7 Å². The van der Waals surface area contributed by atoms with Gasteiger partial charge in [-0.3, -0.25) is 9.89 Å². The van der Waals surface area contributed by atoms with Crippen molar-refractivity contribution < 1.29 is 13.2 Å². The van der Waals surface area contributed by atoms with E-state index in [1.54, 1.807) is 11.3 Å². The molecule has 0 bridgehead atoms. The highest BCUT2D eigenvalue weighted by atomic mass is 32.2. The first-order chi connectivity index (χ1) is 13.1. The Morgan fingerprint density at radius 1 is 1.41 bits per heavy atom. The lowest BCUT2D eigenvalue weighted by atomic mass is 10.1. The van der Waals surface area contributed by atoms with E-state index in [1.807, 2.05) is 6.92 Å². The summed E-state index contributed by atoms with van der Waals surface area (Å²) in [5.74, 6) is 1.53. The van der Waals surface area contributed by atoms with Crippen molar-refractivity contribution in [3.63, 3.8) is 0 Å². The largest absolute Gasteiger partial charge is 0.379 e. The first-order valence-electron chi connectivity index (χ1n) is 9.65. The number of guanidine groups is 1. The van der Waals surface area contributed by atoms with Gasteiger partial charge in [0.25, 0.3) is 0 Å². The van der Waals surface area contributed by atoms with Crippen LogP contribution in [0, 0.1) is 5.92 Å². The van der Waals surface area contributed by atoms with Crippen LogP contribution in [0.2, 0.25) is 0 Å². The molecular weight excluding hydrogens is 384 g/mol. The number of rotatable bonds is 7. The van der Waals surface area contributed by atoms with Crippen molar-refractivity contribution in [1.82, 2.24) is 15.5 Å². The number of hydrogen-bond donors (Lipinski definition) is 2. The summed E-state index contributed by atoms with van der Waals surface area (Å²) < 4.78 is 28.8. The van der Waals surface area contributed by atoms with Gasteiger partial charge < -0.3 is 15.4 Å². The molecule has 9 heteroatoms. The highest BCUT2D eigenvalue weighted by Gasteiger charge is 2.28. The van der Waals surface area contributed by atoms with E-state index >= 15 is 0 Å². The van der Waals surface area contributed by atoms with Crippen LogP contribution >= 0.6 is 11.3 Å². The molecule has 152 valence electrons. The summed E-state index contributed by atoms with van der Waals surface area (Å²) in [6, 6.07) is 4.50. The van der Waals surface area contributed by atoms with Crippen LogP contribution in [-0.4, -0.2) is 76.7 Å². The Morgan fingerprint density at radius 3 is 2.85 bits per heavy atom. The van der Waals surface area contributed by atoms with E-state index < -0.39 is 9.84 Å². The highest BCUT2D eigenvalue weighted by Crippen LogP contribution is 2.26. The van der Waals surface area contributed by atoms with Crippen molar-refractivity contribution in [2.75, 3.05) is 57.4 Å². The Balaban J connectivity index is 1.62. The van der Waals surface area contributed by atoms with Crippen molar-refractivity contribution >= 4 is 27.1 Å². The van der Waals surface area contributed by atoms with Crippen molar-refractivity contribution in [2.24, 2.45) is 10.9 Å². The van der Waals surface area contributed by atoms with Crippen molar-refractivity contribution in [2.45, 2.75) is 19.4 Å². The molecule has 0 spiro atoms. The van der Waals surface area contributed by atoms with Crippen LogP contribution in [0.15, 0.2) is 22.5 Å². The lowest BCUT2D eigenvalue weighted by Crippen LogP contribution is -2.42. The minimum Gasteiger partial charge on any atom is -0.379 e. The number of ether oxygens (including phenoxy) is 1. The van der Waals surface area contributed by atoms with Crippen molar-refractivity contribution in [3.8, 4) is 0 Å². The third-order valence-electron chi connectivity index (χ3n) is 5.01. The fraction of sp³-hybridized carbons (Fsp3) is 0.722. The van der Waals surface area contributed by atoms with E-state index in [4.69, 9.17) is 9.73 Å². The molecule has 2 aliphatic heterocycles. The number of morpholine rings is 1. The van der Waals surface area contributed by atoms with Crippen LogP contribution in [-0.2, 0) is 14.6 Å². The molecule has 2 fully saturated rings. The summed E-state index contributed by atoms with van der Waals surface area (Å²) in [5, 5.41) is 8.73. The maximum Gasteiger partial charge on any atom is 0.191 e. The van der Waals surface area contributed by atoms with Gasteiger partial charge >= 0.3 is 0 Å². The average molecular weight is 415 g/mol. The van der Waals surface area contributed by atoms with E-state index in [0.29, 0.717) is 18.8 Å². The molecule has 0 aliphatic carbocycles. The molecular formula is C18H30N4O3S2. The average Bonchev–Trinajstić information content (AvgIpc) is 3.30. The normalized spacial score (nSPS) is 24.6. The number of nitrogens with one attached hydrogen (secondary N) is 2. The monoisotopic (exact) mass is 414 g/mol. The number of sulfone groups is 1. The first-order valence-corrected chi connectivity index (χ1v) is 12.4. The highest BCUT2D eigenvalue weighted by molar-refractivity contribution is 7.91. The van der Waals surface area contributed by atoms with Gasteiger partial charge in [0.15, 0.2) is 15.8 Å². The standard InChI is InChI=1S/C18H30N4O3S2/c1-2-19-18(20-12-15-5-11-27(23,24)14-15)21-13-16(17-4-3-10-26-17)22-6-8-25-9-7-22/h3-4,10,15-16H,2,5-9,11-14H2,1H3,(H2,19,20,21). The molecule has 3 heterocycles. The lowest BCUT2D eigenvalue weighted by molar-refractivity contribution is 0.0186. The quantitative estimate of drug-likeness (QED) is 0.514. The zero-order chi connectivity index (χ0) is 19.1. The molecule has 1 aromatic heterocycles. The molecule has 2 unspecified atom stereocenters.